The van der Waals surface area contributed by atoms with Crippen LogP contribution in [0.1, 0.15) is 19.8 Å². The van der Waals surface area contributed by atoms with Gasteiger partial charge in [-0.05, 0) is 43.7 Å². The number of carbonyl (C=O) groups excluding carboxylic acids is 3. The highest BCUT2D eigenvalue weighted by atomic mass is 16.5. The second-order valence-electron chi connectivity index (χ2n) is 5.05. The van der Waals surface area contributed by atoms with Gasteiger partial charge in [0.05, 0.1) is 6.04 Å². The van der Waals surface area contributed by atoms with E-state index in [1.54, 1.807) is 24.3 Å². The fraction of sp³-hybridized carbons (Fsp3) is 0.400. The molecular formula is C15H19N3O4. The molecule has 0 aromatic heterocycles. The topological polar surface area (TPSA) is 96.5 Å². The third kappa shape index (κ3) is 4.85. The smallest absolute Gasteiger partial charge is 0.330 e. The van der Waals surface area contributed by atoms with Gasteiger partial charge in [-0.15, -0.1) is 0 Å². The van der Waals surface area contributed by atoms with Crippen LogP contribution in [0.25, 0.3) is 0 Å². The molecule has 1 saturated heterocycles. The third-order valence-electron chi connectivity index (χ3n) is 3.19. The molecule has 2 rings (SSSR count). The number of hydrogen-bond donors (Lipinski definition) is 3. The Morgan fingerprint density at radius 3 is 2.59 bits per heavy atom. The lowest BCUT2D eigenvalue weighted by Crippen LogP contribution is -2.43. The van der Waals surface area contributed by atoms with Crippen LogP contribution in [0.3, 0.4) is 0 Å². The molecule has 0 bridgehead atoms. The number of benzene rings is 1. The molecule has 0 radical (unpaired) electrons. The van der Waals surface area contributed by atoms with Gasteiger partial charge in [-0.2, -0.15) is 0 Å². The summed E-state index contributed by atoms with van der Waals surface area (Å²) in [7, 11) is 0. The van der Waals surface area contributed by atoms with E-state index in [1.165, 1.54) is 6.92 Å². The number of rotatable bonds is 5. The van der Waals surface area contributed by atoms with E-state index < -0.39 is 5.97 Å². The van der Waals surface area contributed by atoms with Gasteiger partial charge in [0.1, 0.15) is 12.3 Å². The molecule has 2 amide bonds. The standard InChI is InChI=1S/C15H19N3O4/c1-10(19)18-11-4-6-12(7-5-11)22-14(20)9-17-15(21)13-3-2-8-16-13/h4-7,13,16H,2-3,8-9H2,1H3,(H,17,21)(H,18,19)/t13-/m0/s1. The highest BCUT2D eigenvalue weighted by Crippen LogP contribution is 2.15. The number of esters is 1. The quantitative estimate of drug-likeness (QED) is 0.541. The Morgan fingerprint density at radius 2 is 2.00 bits per heavy atom. The zero-order valence-electron chi connectivity index (χ0n) is 12.3. The van der Waals surface area contributed by atoms with Crippen LogP contribution in [0.15, 0.2) is 24.3 Å². The summed E-state index contributed by atoms with van der Waals surface area (Å²) in [5.74, 6) is -0.547. The summed E-state index contributed by atoms with van der Waals surface area (Å²) in [5.41, 5.74) is 0.618. The van der Waals surface area contributed by atoms with Crippen molar-refractivity contribution in [1.82, 2.24) is 10.6 Å². The predicted octanol–water partition coefficient (Wildman–Crippen LogP) is 0.419. The number of hydrogen-bond acceptors (Lipinski definition) is 5. The first kappa shape index (κ1) is 16.0. The highest BCUT2D eigenvalue weighted by Gasteiger charge is 2.22. The Labute approximate surface area is 128 Å². The number of nitrogens with one attached hydrogen (secondary N) is 3. The van der Waals surface area contributed by atoms with Gasteiger partial charge in [-0.25, -0.2) is 4.79 Å². The van der Waals surface area contributed by atoms with Gasteiger partial charge >= 0.3 is 5.97 Å². The van der Waals surface area contributed by atoms with Crippen LogP contribution in [0, 0.1) is 0 Å². The van der Waals surface area contributed by atoms with Crippen molar-refractivity contribution >= 4 is 23.5 Å². The van der Waals surface area contributed by atoms with Gasteiger partial charge in [0.2, 0.25) is 11.8 Å². The van der Waals surface area contributed by atoms with Crippen LogP contribution < -0.4 is 20.7 Å². The van der Waals surface area contributed by atoms with Crippen molar-refractivity contribution in [1.29, 1.82) is 0 Å². The monoisotopic (exact) mass is 305 g/mol. The fourth-order valence-electron chi connectivity index (χ4n) is 2.17. The Kier molecular flexibility index (Phi) is 5.48. The van der Waals surface area contributed by atoms with E-state index in [4.69, 9.17) is 4.74 Å². The van der Waals surface area contributed by atoms with Gasteiger partial charge in [0.25, 0.3) is 0 Å². The van der Waals surface area contributed by atoms with Crippen molar-refractivity contribution in [3.63, 3.8) is 0 Å². The van der Waals surface area contributed by atoms with Crippen LogP contribution in [0.2, 0.25) is 0 Å². The Balaban J connectivity index is 1.76. The average molecular weight is 305 g/mol. The minimum Gasteiger partial charge on any atom is -0.425 e. The van der Waals surface area contributed by atoms with E-state index in [9.17, 15) is 14.4 Å². The lowest BCUT2D eigenvalue weighted by molar-refractivity contribution is -0.135. The Morgan fingerprint density at radius 1 is 1.27 bits per heavy atom. The summed E-state index contributed by atoms with van der Waals surface area (Å²) in [6.45, 7) is 2.06. The minimum atomic E-state index is -0.543. The summed E-state index contributed by atoms with van der Waals surface area (Å²) >= 11 is 0. The molecular weight excluding hydrogens is 286 g/mol. The Hall–Kier alpha value is -2.41. The number of carbonyl (C=O) groups is 3. The molecule has 1 atom stereocenters. The molecule has 1 fully saturated rings. The summed E-state index contributed by atoms with van der Waals surface area (Å²) in [5, 5.41) is 8.22. The number of amides is 2. The van der Waals surface area contributed by atoms with Gasteiger partial charge in [0, 0.05) is 12.6 Å². The van der Waals surface area contributed by atoms with Gasteiger partial charge in [-0.1, -0.05) is 0 Å². The summed E-state index contributed by atoms with van der Waals surface area (Å²) in [4.78, 5) is 34.3. The lowest BCUT2D eigenvalue weighted by Gasteiger charge is -2.11. The SMILES string of the molecule is CC(=O)Nc1ccc(OC(=O)CNC(=O)[C@@H]2CCCN2)cc1. The normalized spacial score (nSPS) is 16.9. The molecule has 118 valence electrons. The van der Waals surface area contributed by atoms with Crippen LogP contribution >= 0.6 is 0 Å². The summed E-state index contributed by atoms with van der Waals surface area (Å²) in [6.07, 6.45) is 1.74. The fourth-order valence-corrected chi connectivity index (χ4v) is 2.17. The molecule has 3 N–H and O–H groups in total. The largest absolute Gasteiger partial charge is 0.425 e. The van der Waals surface area contributed by atoms with Crippen molar-refractivity contribution in [2.45, 2.75) is 25.8 Å². The first-order chi connectivity index (χ1) is 10.5. The highest BCUT2D eigenvalue weighted by molar-refractivity contribution is 5.89. The van der Waals surface area contributed by atoms with E-state index in [1.807, 2.05) is 0 Å². The predicted molar refractivity (Wildman–Crippen MR) is 80.4 cm³/mol. The average Bonchev–Trinajstić information content (AvgIpc) is 3.00. The maximum absolute atomic E-state index is 11.7. The van der Waals surface area contributed by atoms with E-state index in [-0.39, 0.29) is 24.4 Å². The third-order valence-corrected chi connectivity index (χ3v) is 3.19. The summed E-state index contributed by atoms with van der Waals surface area (Å²) in [6, 6.07) is 6.19. The van der Waals surface area contributed by atoms with Crippen LogP contribution in [0.5, 0.6) is 5.75 Å². The van der Waals surface area contributed by atoms with Gasteiger partial charge in [0.15, 0.2) is 0 Å². The zero-order valence-corrected chi connectivity index (χ0v) is 12.3. The maximum atomic E-state index is 11.7. The lowest BCUT2D eigenvalue weighted by atomic mass is 10.2. The molecule has 1 aliphatic heterocycles. The van der Waals surface area contributed by atoms with Crippen molar-refractivity contribution in [3.8, 4) is 5.75 Å². The van der Waals surface area contributed by atoms with Crippen molar-refractivity contribution < 1.29 is 19.1 Å². The minimum absolute atomic E-state index is 0.173. The molecule has 0 aliphatic carbocycles. The maximum Gasteiger partial charge on any atom is 0.330 e. The van der Waals surface area contributed by atoms with E-state index in [0.29, 0.717) is 11.4 Å². The molecule has 22 heavy (non-hydrogen) atoms. The molecule has 7 nitrogen and oxygen atoms in total. The van der Waals surface area contributed by atoms with Gasteiger partial charge in [-0.3, -0.25) is 9.59 Å². The second kappa shape index (κ2) is 7.56. The summed E-state index contributed by atoms with van der Waals surface area (Å²) < 4.78 is 5.10. The van der Waals surface area contributed by atoms with Gasteiger partial charge < -0.3 is 20.7 Å². The number of ether oxygens (including phenoxy) is 1. The van der Waals surface area contributed by atoms with E-state index in [0.717, 1.165) is 19.4 Å². The van der Waals surface area contributed by atoms with Crippen LogP contribution in [0.4, 0.5) is 5.69 Å². The van der Waals surface area contributed by atoms with Crippen molar-refractivity contribution in [2.75, 3.05) is 18.4 Å². The Bertz CT molecular complexity index is 550. The molecule has 0 spiro atoms. The van der Waals surface area contributed by atoms with Crippen molar-refractivity contribution in [3.05, 3.63) is 24.3 Å². The molecule has 0 saturated carbocycles. The molecule has 1 heterocycles. The van der Waals surface area contributed by atoms with E-state index >= 15 is 0 Å². The first-order valence-corrected chi connectivity index (χ1v) is 7.14. The zero-order chi connectivity index (χ0) is 15.9. The molecule has 7 heteroatoms. The molecule has 1 aliphatic rings. The molecule has 0 unspecified atom stereocenters. The molecule has 1 aromatic rings. The first-order valence-electron chi connectivity index (χ1n) is 7.14. The van der Waals surface area contributed by atoms with Crippen LogP contribution in [-0.4, -0.2) is 36.9 Å². The van der Waals surface area contributed by atoms with E-state index in [2.05, 4.69) is 16.0 Å². The second-order valence-corrected chi connectivity index (χ2v) is 5.05. The number of anilines is 1. The van der Waals surface area contributed by atoms with Crippen molar-refractivity contribution in [2.24, 2.45) is 0 Å². The van der Waals surface area contributed by atoms with Crippen LogP contribution in [-0.2, 0) is 14.4 Å². The molecule has 1 aromatic carbocycles.